The highest BCUT2D eigenvalue weighted by Crippen LogP contribution is 2.30. The molecule has 1 aromatic heterocycles. The Hall–Kier alpha value is -2.38. The van der Waals surface area contributed by atoms with Gasteiger partial charge >= 0.3 is 0 Å². The highest BCUT2D eigenvalue weighted by Gasteiger charge is 2.33. The average molecular weight is 491 g/mol. The molecule has 0 N–H and O–H groups in total. The molecule has 0 aliphatic heterocycles. The lowest BCUT2D eigenvalue weighted by molar-refractivity contribution is -0.132. The Bertz CT molecular complexity index is 1030. The summed E-state index contributed by atoms with van der Waals surface area (Å²) in [7, 11) is 1.63. The van der Waals surface area contributed by atoms with Crippen molar-refractivity contribution in [3.05, 3.63) is 63.4 Å². The molecule has 0 bridgehead atoms. The number of rotatable bonds is 8. The van der Waals surface area contributed by atoms with Crippen molar-refractivity contribution in [3.63, 3.8) is 0 Å². The van der Waals surface area contributed by atoms with Gasteiger partial charge in [0.2, 0.25) is 17.7 Å². The van der Waals surface area contributed by atoms with Gasteiger partial charge in [-0.25, -0.2) is 0 Å². The highest BCUT2D eigenvalue weighted by atomic mass is 79.9. The van der Waals surface area contributed by atoms with Crippen LogP contribution >= 0.6 is 27.5 Å². The van der Waals surface area contributed by atoms with Gasteiger partial charge in [0.05, 0.1) is 18.1 Å². The Kier molecular flexibility index (Phi) is 6.39. The van der Waals surface area contributed by atoms with Gasteiger partial charge in [0, 0.05) is 23.0 Å². The van der Waals surface area contributed by atoms with Crippen LogP contribution in [0.4, 0.5) is 0 Å². The van der Waals surface area contributed by atoms with Crippen LogP contribution in [0.2, 0.25) is 5.02 Å². The Morgan fingerprint density at radius 2 is 2.00 bits per heavy atom. The van der Waals surface area contributed by atoms with E-state index in [1.54, 1.807) is 19.2 Å². The fraction of sp³-hybridized carbons (Fsp3) is 0.318. The number of nitrogens with zero attached hydrogens (tertiary/aromatic N) is 3. The van der Waals surface area contributed by atoms with E-state index in [0.717, 1.165) is 34.2 Å². The van der Waals surface area contributed by atoms with E-state index in [9.17, 15) is 4.79 Å². The number of methoxy groups -OCH3 is 1. The number of aromatic nitrogens is 2. The molecule has 4 rings (SSSR count). The topological polar surface area (TPSA) is 68.5 Å². The molecule has 8 heteroatoms. The molecule has 0 radical (unpaired) electrons. The average Bonchev–Trinajstić information content (AvgIpc) is 3.48. The van der Waals surface area contributed by atoms with Gasteiger partial charge in [0.25, 0.3) is 0 Å². The first kappa shape index (κ1) is 20.9. The summed E-state index contributed by atoms with van der Waals surface area (Å²) in [5.41, 5.74) is 1.88. The van der Waals surface area contributed by atoms with Crippen molar-refractivity contribution >= 4 is 33.4 Å². The third-order valence-electron chi connectivity index (χ3n) is 5.02. The Morgan fingerprint density at radius 1 is 1.23 bits per heavy atom. The molecule has 6 nitrogen and oxygen atoms in total. The molecule has 0 unspecified atom stereocenters. The molecule has 1 saturated carbocycles. The van der Waals surface area contributed by atoms with E-state index in [2.05, 4.69) is 26.1 Å². The standard InChI is InChI=1S/C22H21BrClN3O3/c1-29-19-10-2-14(12-18(19)23)3-11-21(28)27(17-8-9-17)13-20-25-26-22(30-20)15-4-6-16(24)7-5-15/h2,4-7,10,12,17H,3,8-9,11,13H2,1H3. The lowest BCUT2D eigenvalue weighted by Crippen LogP contribution is -2.32. The third kappa shape index (κ3) is 5.02. The monoisotopic (exact) mass is 489 g/mol. The maximum absolute atomic E-state index is 12.9. The molecule has 156 valence electrons. The van der Waals surface area contributed by atoms with Crippen molar-refractivity contribution in [1.82, 2.24) is 15.1 Å². The molecule has 0 saturated heterocycles. The number of ether oxygens (including phenoxy) is 1. The predicted octanol–water partition coefficient (Wildman–Crippen LogP) is 5.28. The van der Waals surface area contributed by atoms with Crippen molar-refractivity contribution < 1.29 is 13.9 Å². The van der Waals surface area contributed by atoms with Crippen LogP contribution in [0.25, 0.3) is 11.5 Å². The zero-order chi connectivity index (χ0) is 21.1. The van der Waals surface area contributed by atoms with Crippen LogP contribution < -0.4 is 4.74 Å². The van der Waals surface area contributed by atoms with E-state index < -0.39 is 0 Å². The predicted molar refractivity (Wildman–Crippen MR) is 117 cm³/mol. The highest BCUT2D eigenvalue weighted by molar-refractivity contribution is 9.10. The van der Waals surface area contributed by atoms with E-state index in [-0.39, 0.29) is 11.9 Å². The van der Waals surface area contributed by atoms with Gasteiger partial charge in [0.15, 0.2) is 0 Å². The minimum atomic E-state index is 0.0932. The second-order valence-electron chi connectivity index (χ2n) is 7.23. The summed E-state index contributed by atoms with van der Waals surface area (Å²) in [5.74, 6) is 1.73. The van der Waals surface area contributed by atoms with Gasteiger partial charge in [-0.3, -0.25) is 4.79 Å². The van der Waals surface area contributed by atoms with Crippen LogP contribution in [0.5, 0.6) is 5.75 Å². The fourth-order valence-corrected chi connectivity index (χ4v) is 3.95. The van der Waals surface area contributed by atoms with Gasteiger partial charge in [-0.2, -0.15) is 0 Å². The van der Waals surface area contributed by atoms with Crippen molar-refractivity contribution in [2.45, 2.75) is 38.3 Å². The normalized spacial score (nSPS) is 13.3. The second kappa shape index (κ2) is 9.18. The first-order valence-electron chi connectivity index (χ1n) is 9.73. The maximum Gasteiger partial charge on any atom is 0.247 e. The largest absolute Gasteiger partial charge is 0.496 e. The van der Waals surface area contributed by atoms with Crippen LogP contribution in [0, 0.1) is 0 Å². The molecule has 1 aliphatic rings. The maximum atomic E-state index is 12.9. The number of amides is 1. The van der Waals surface area contributed by atoms with E-state index in [4.69, 9.17) is 20.8 Å². The summed E-state index contributed by atoms with van der Waals surface area (Å²) < 4.78 is 11.9. The third-order valence-corrected chi connectivity index (χ3v) is 5.89. The van der Waals surface area contributed by atoms with Crippen molar-refractivity contribution in [2.75, 3.05) is 7.11 Å². The summed E-state index contributed by atoms with van der Waals surface area (Å²) in [5, 5.41) is 8.89. The van der Waals surface area contributed by atoms with Crippen molar-refractivity contribution in [2.24, 2.45) is 0 Å². The summed E-state index contributed by atoms with van der Waals surface area (Å²) in [4.78, 5) is 14.8. The summed E-state index contributed by atoms with van der Waals surface area (Å²) in [6.45, 7) is 0.330. The molecule has 1 heterocycles. The van der Waals surface area contributed by atoms with Crippen LogP contribution in [0.15, 0.2) is 51.4 Å². The zero-order valence-corrected chi connectivity index (χ0v) is 18.8. The van der Waals surface area contributed by atoms with Gasteiger partial charge in [0.1, 0.15) is 5.75 Å². The first-order valence-corrected chi connectivity index (χ1v) is 10.9. The van der Waals surface area contributed by atoms with Crippen LogP contribution in [0.1, 0.15) is 30.7 Å². The van der Waals surface area contributed by atoms with Gasteiger partial charge in [-0.05, 0) is 77.2 Å². The Labute approximate surface area is 188 Å². The fourth-order valence-electron chi connectivity index (χ4n) is 3.24. The number of halogens is 2. The second-order valence-corrected chi connectivity index (χ2v) is 8.52. The lowest BCUT2D eigenvalue weighted by Gasteiger charge is -2.20. The van der Waals surface area contributed by atoms with Crippen molar-refractivity contribution in [1.29, 1.82) is 0 Å². The molecule has 1 aliphatic carbocycles. The summed E-state index contributed by atoms with van der Waals surface area (Å²) >= 11 is 9.42. The van der Waals surface area contributed by atoms with Crippen molar-refractivity contribution in [3.8, 4) is 17.2 Å². The van der Waals surface area contributed by atoms with E-state index in [1.165, 1.54) is 0 Å². The molecule has 0 spiro atoms. The number of hydrogen-bond donors (Lipinski definition) is 0. The molecular weight excluding hydrogens is 470 g/mol. The SMILES string of the molecule is COc1ccc(CCC(=O)N(Cc2nnc(-c3ccc(Cl)cc3)o2)C2CC2)cc1Br. The van der Waals surface area contributed by atoms with Crippen LogP contribution in [0.3, 0.4) is 0 Å². The van der Waals surface area contributed by atoms with Gasteiger partial charge < -0.3 is 14.1 Å². The molecule has 3 aromatic rings. The van der Waals surface area contributed by atoms with E-state index in [0.29, 0.717) is 36.2 Å². The lowest BCUT2D eigenvalue weighted by atomic mass is 10.1. The van der Waals surface area contributed by atoms with Crippen LogP contribution in [-0.4, -0.2) is 34.2 Å². The quantitative estimate of drug-likeness (QED) is 0.429. The summed E-state index contributed by atoms with van der Waals surface area (Å²) in [6.07, 6.45) is 3.11. The van der Waals surface area contributed by atoms with E-state index in [1.807, 2.05) is 35.2 Å². The summed E-state index contributed by atoms with van der Waals surface area (Å²) in [6, 6.07) is 13.3. The molecule has 1 amide bonds. The molecule has 1 fully saturated rings. The van der Waals surface area contributed by atoms with E-state index >= 15 is 0 Å². The molecular formula is C22H21BrClN3O3. The minimum absolute atomic E-state index is 0.0932. The minimum Gasteiger partial charge on any atom is -0.496 e. The zero-order valence-electron chi connectivity index (χ0n) is 16.5. The number of carbonyl (C=O) groups is 1. The van der Waals surface area contributed by atoms with Crippen LogP contribution in [-0.2, 0) is 17.8 Å². The molecule has 0 atom stereocenters. The smallest absolute Gasteiger partial charge is 0.247 e. The van der Waals surface area contributed by atoms with Gasteiger partial charge in [-0.1, -0.05) is 17.7 Å². The number of aryl methyl sites for hydroxylation is 1. The number of carbonyl (C=O) groups excluding carboxylic acids is 1. The number of benzene rings is 2. The Balaban J connectivity index is 1.40. The number of hydrogen-bond acceptors (Lipinski definition) is 5. The Morgan fingerprint density at radius 3 is 2.67 bits per heavy atom. The first-order chi connectivity index (χ1) is 14.5. The van der Waals surface area contributed by atoms with Gasteiger partial charge in [-0.15, -0.1) is 10.2 Å². The molecule has 30 heavy (non-hydrogen) atoms. The molecule has 2 aromatic carbocycles.